The predicted octanol–water partition coefficient (Wildman–Crippen LogP) is 2.85. The third kappa shape index (κ3) is 1.90. The van der Waals surface area contributed by atoms with E-state index in [1.807, 2.05) is 6.07 Å². The average molecular weight is 266 g/mol. The molecule has 0 aliphatic carbocycles. The molecular formula is C10H5BrFN3. The third-order valence-electron chi connectivity index (χ3n) is 1.90. The molecule has 0 saturated heterocycles. The third-order valence-corrected chi connectivity index (χ3v) is 2.39. The van der Waals surface area contributed by atoms with E-state index in [1.165, 1.54) is 12.3 Å². The summed E-state index contributed by atoms with van der Waals surface area (Å²) in [4.78, 5) is 6.50. The van der Waals surface area contributed by atoms with Crippen LogP contribution in [0.1, 0.15) is 5.82 Å². The van der Waals surface area contributed by atoms with Crippen molar-refractivity contribution in [1.29, 1.82) is 5.26 Å². The number of halogens is 2. The van der Waals surface area contributed by atoms with Crippen molar-refractivity contribution in [3.63, 3.8) is 0 Å². The maximum atomic E-state index is 13.4. The summed E-state index contributed by atoms with van der Waals surface area (Å²) in [6.45, 7) is 0. The maximum Gasteiger partial charge on any atom is 0.210 e. The molecular weight excluding hydrogens is 261 g/mol. The SMILES string of the molecule is N#Cc1ncc(-c2cc(Br)ccc2F)[nH]1. The molecule has 74 valence electrons. The molecule has 0 amide bonds. The maximum absolute atomic E-state index is 13.4. The fraction of sp³-hybridized carbons (Fsp3) is 0. The largest absolute Gasteiger partial charge is 0.329 e. The highest BCUT2D eigenvalue weighted by atomic mass is 79.9. The Morgan fingerprint density at radius 2 is 2.27 bits per heavy atom. The molecule has 0 saturated carbocycles. The summed E-state index contributed by atoms with van der Waals surface area (Å²) in [6.07, 6.45) is 1.43. The molecule has 5 heteroatoms. The molecule has 0 spiro atoms. The number of rotatable bonds is 1. The molecule has 1 heterocycles. The van der Waals surface area contributed by atoms with Gasteiger partial charge in [-0.1, -0.05) is 15.9 Å². The fourth-order valence-electron chi connectivity index (χ4n) is 1.22. The second-order valence-electron chi connectivity index (χ2n) is 2.88. The summed E-state index contributed by atoms with van der Waals surface area (Å²) in [6, 6.07) is 6.44. The number of hydrogen-bond acceptors (Lipinski definition) is 2. The first-order valence-corrected chi connectivity index (χ1v) is 4.90. The van der Waals surface area contributed by atoms with Gasteiger partial charge in [0.15, 0.2) is 0 Å². The number of aromatic nitrogens is 2. The minimum atomic E-state index is -0.355. The van der Waals surface area contributed by atoms with Crippen molar-refractivity contribution in [3.8, 4) is 17.3 Å². The van der Waals surface area contributed by atoms with Crippen LogP contribution in [0.3, 0.4) is 0 Å². The van der Waals surface area contributed by atoms with Gasteiger partial charge in [-0.3, -0.25) is 0 Å². The van der Waals surface area contributed by atoms with Crippen LogP contribution < -0.4 is 0 Å². The molecule has 3 nitrogen and oxygen atoms in total. The van der Waals surface area contributed by atoms with Crippen molar-refractivity contribution >= 4 is 15.9 Å². The van der Waals surface area contributed by atoms with Crippen molar-refractivity contribution < 1.29 is 4.39 Å². The molecule has 2 rings (SSSR count). The Hall–Kier alpha value is -1.67. The minimum absolute atomic E-state index is 0.171. The molecule has 2 aromatic rings. The smallest absolute Gasteiger partial charge is 0.210 e. The van der Waals surface area contributed by atoms with E-state index >= 15 is 0 Å². The normalized spacial score (nSPS) is 9.93. The number of H-pyrrole nitrogens is 1. The highest BCUT2D eigenvalue weighted by Gasteiger charge is 2.08. The number of nitrogens with zero attached hydrogens (tertiary/aromatic N) is 2. The van der Waals surface area contributed by atoms with Gasteiger partial charge in [0, 0.05) is 10.0 Å². The fourth-order valence-corrected chi connectivity index (χ4v) is 1.58. The average Bonchev–Trinajstić information content (AvgIpc) is 2.70. The van der Waals surface area contributed by atoms with Gasteiger partial charge in [-0.15, -0.1) is 0 Å². The van der Waals surface area contributed by atoms with E-state index in [2.05, 4.69) is 25.9 Å². The zero-order chi connectivity index (χ0) is 10.8. The van der Waals surface area contributed by atoms with Crippen molar-refractivity contribution in [2.45, 2.75) is 0 Å². The van der Waals surface area contributed by atoms with E-state index in [-0.39, 0.29) is 11.6 Å². The lowest BCUT2D eigenvalue weighted by molar-refractivity contribution is 0.630. The van der Waals surface area contributed by atoms with E-state index in [4.69, 9.17) is 5.26 Å². The number of imidazole rings is 1. The van der Waals surface area contributed by atoms with Crippen molar-refractivity contribution in [1.82, 2.24) is 9.97 Å². The lowest BCUT2D eigenvalue weighted by Crippen LogP contribution is -1.84. The van der Waals surface area contributed by atoms with Crippen LogP contribution in [-0.4, -0.2) is 9.97 Å². The number of hydrogen-bond donors (Lipinski definition) is 1. The molecule has 0 radical (unpaired) electrons. The molecule has 1 aromatic heterocycles. The number of benzene rings is 1. The van der Waals surface area contributed by atoms with Crippen LogP contribution in [0, 0.1) is 17.1 Å². The van der Waals surface area contributed by atoms with E-state index in [9.17, 15) is 4.39 Å². The first-order chi connectivity index (χ1) is 7.20. The van der Waals surface area contributed by atoms with Gasteiger partial charge >= 0.3 is 0 Å². The highest BCUT2D eigenvalue weighted by Crippen LogP contribution is 2.24. The van der Waals surface area contributed by atoms with Crippen molar-refractivity contribution in [3.05, 3.63) is 40.5 Å². The van der Waals surface area contributed by atoms with Crippen LogP contribution >= 0.6 is 15.9 Å². The topological polar surface area (TPSA) is 52.5 Å². The summed E-state index contributed by atoms with van der Waals surface area (Å²) in [5, 5.41) is 8.57. The Balaban J connectivity index is 2.54. The van der Waals surface area contributed by atoms with Gasteiger partial charge < -0.3 is 4.98 Å². The second-order valence-corrected chi connectivity index (χ2v) is 3.80. The van der Waals surface area contributed by atoms with Gasteiger partial charge in [0.1, 0.15) is 11.9 Å². The first kappa shape index (κ1) is 9.87. The summed E-state index contributed by atoms with van der Waals surface area (Å²) in [7, 11) is 0. The van der Waals surface area contributed by atoms with E-state index < -0.39 is 0 Å². The van der Waals surface area contributed by atoms with Crippen LogP contribution in [0.2, 0.25) is 0 Å². The molecule has 0 aliphatic rings. The predicted molar refractivity (Wildman–Crippen MR) is 56.4 cm³/mol. The molecule has 0 fully saturated rings. The monoisotopic (exact) mass is 265 g/mol. The van der Waals surface area contributed by atoms with Gasteiger partial charge in [0.2, 0.25) is 5.82 Å². The van der Waals surface area contributed by atoms with Gasteiger partial charge in [-0.2, -0.15) is 5.26 Å². The molecule has 0 atom stereocenters. The lowest BCUT2D eigenvalue weighted by Gasteiger charge is -2.00. The minimum Gasteiger partial charge on any atom is -0.329 e. The summed E-state index contributed by atoms with van der Waals surface area (Å²) < 4.78 is 14.2. The number of aromatic amines is 1. The molecule has 15 heavy (non-hydrogen) atoms. The van der Waals surface area contributed by atoms with Crippen molar-refractivity contribution in [2.75, 3.05) is 0 Å². The number of nitriles is 1. The number of nitrogens with one attached hydrogen (secondary N) is 1. The van der Waals surface area contributed by atoms with Crippen LogP contribution in [-0.2, 0) is 0 Å². The quantitative estimate of drug-likeness (QED) is 0.862. The van der Waals surface area contributed by atoms with E-state index in [0.717, 1.165) is 4.47 Å². The molecule has 0 aliphatic heterocycles. The first-order valence-electron chi connectivity index (χ1n) is 4.11. The van der Waals surface area contributed by atoms with Gasteiger partial charge in [0.05, 0.1) is 11.9 Å². The van der Waals surface area contributed by atoms with Crippen molar-refractivity contribution in [2.24, 2.45) is 0 Å². The summed E-state index contributed by atoms with van der Waals surface area (Å²) in [5.74, 6) is -0.185. The Kier molecular flexibility index (Phi) is 2.52. The van der Waals surface area contributed by atoms with E-state index in [0.29, 0.717) is 11.3 Å². The second kappa shape index (κ2) is 3.83. The Morgan fingerprint density at radius 1 is 1.47 bits per heavy atom. The Bertz CT molecular complexity index is 542. The standard InChI is InChI=1S/C10H5BrFN3/c11-6-1-2-8(12)7(3-6)9-5-14-10(4-13)15-9/h1-3,5H,(H,14,15). The Labute approximate surface area is 93.7 Å². The van der Waals surface area contributed by atoms with Crippen LogP contribution in [0.4, 0.5) is 4.39 Å². The van der Waals surface area contributed by atoms with E-state index in [1.54, 1.807) is 12.1 Å². The van der Waals surface area contributed by atoms with Gasteiger partial charge in [0.25, 0.3) is 0 Å². The lowest BCUT2D eigenvalue weighted by atomic mass is 10.1. The molecule has 1 aromatic carbocycles. The summed E-state index contributed by atoms with van der Waals surface area (Å²) in [5.41, 5.74) is 0.878. The van der Waals surface area contributed by atoms with Crippen LogP contribution in [0.15, 0.2) is 28.9 Å². The van der Waals surface area contributed by atoms with Gasteiger partial charge in [-0.25, -0.2) is 9.37 Å². The Morgan fingerprint density at radius 3 is 2.93 bits per heavy atom. The highest BCUT2D eigenvalue weighted by molar-refractivity contribution is 9.10. The molecule has 1 N–H and O–H groups in total. The van der Waals surface area contributed by atoms with Gasteiger partial charge in [-0.05, 0) is 18.2 Å². The summed E-state index contributed by atoms with van der Waals surface area (Å²) >= 11 is 3.25. The molecule has 0 unspecified atom stereocenters. The zero-order valence-electron chi connectivity index (χ0n) is 7.46. The molecule has 0 bridgehead atoms. The zero-order valence-corrected chi connectivity index (χ0v) is 9.05. The van der Waals surface area contributed by atoms with Crippen LogP contribution in [0.25, 0.3) is 11.3 Å². The van der Waals surface area contributed by atoms with Crippen LogP contribution in [0.5, 0.6) is 0 Å².